The maximum absolute atomic E-state index is 12.4. The van der Waals surface area contributed by atoms with Crippen LogP contribution in [0.1, 0.15) is 44.2 Å². The molecule has 2 heterocycles. The predicted octanol–water partition coefficient (Wildman–Crippen LogP) is 6.62. The van der Waals surface area contributed by atoms with Gasteiger partial charge in [-0.1, -0.05) is 58.0 Å². The molecule has 6 heteroatoms. The lowest BCUT2D eigenvalue weighted by atomic mass is 9.90. The van der Waals surface area contributed by atoms with Gasteiger partial charge >= 0.3 is 0 Å². The first-order valence-electron chi connectivity index (χ1n) is 12.1. The molecule has 33 heavy (non-hydrogen) atoms. The van der Waals surface area contributed by atoms with Crippen molar-refractivity contribution in [3.63, 3.8) is 0 Å². The van der Waals surface area contributed by atoms with Gasteiger partial charge in [0, 0.05) is 22.8 Å². The van der Waals surface area contributed by atoms with E-state index in [0.29, 0.717) is 5.25 Å². The number of thioether (sulfide) groups is 1. The fourth-order valence-corrected chi connectivity index (χ4v) is 6.22. The topological polar surface area (TPSA) is 32.8 Å². The van der Waals surface area contributed by atoms with Crippen molar-refractivity contribution < 1.29 is 9.53 Å². The molecule has 2 fully saturated rings. The second-order valence-electron chi connectivity index (χ2n) is 9.57. The first-order chi connectivity index (χ1) is 16.0. The van der Waals surface area contributed by atoms with E-state index in [1.807, 2.05) is 29.2 Å². The van der Waals surface area contributed by atoms with Crippen molar-refractivity contribution in [2.24, 2.45) is 5.92 Å². The first kappa shape index (κ1) is 24.6. The minimum atomic E-state index is 0.195. The van der Waals surface area contributed by atoms with Gasteiger partial charge in [0.15, 0.2) is 0 Å². The highest BCUT2D eigenvalue weighted by Gasteiger charge is 2.31. The van der Waals surface area contributed by atoms with Crippen LogP contribution in [0.25, 0.3) is 0 Å². The molecule has 2 aromatic carbocycles. The van der Waals surface area contributed by atoms with Gasteiger partial charge in [0.1, 0.15) is 5.75 Å². The Morgan fingerprint density at radius 2 is 1.88 bits per heavy atom. The largest absolute Gasteiger partial charge is 0.491 e. The van der Waals surface area contributed by atoms with Crippen LogP contribution < -0.4 is 4.74 Å². The van der Waals surface area contributed by atoms with Gasteiger partial charge in [-0.25, -0.2) is 0 Å². The van der Waals surface area contributed by atoms with Crippen LogP contribution in [0.4, 0.5) is 4.79 Å². The van der Waals surface area contributed by atoms with Crippen molar-refractivity contribution in [1.29, 1.82) is 0 Å². The molecule has 0 N–H and O–H groups in total. The van der Waals surface area contributed by atoms with Gasteiger partial charge in [0.2, 0.25) is 0 Å². The Bertz CT molecular complexity index is 916. The number of piperidine rings is 1. The Morgan fingerprint density at radius 1 is 1.12 bits per heavy atom. The number of likely N-dealkylation sites (tertiary alicyclic amines) is 1. The Labute approximate surface area is 211 Å². The number of carbonyl (C=O) groups is 1. The molecule has 1 unspecified atom stereocenters. The van der Waals surface area contributed by atoms with E-state index in [1.165, 1.54) is 40.2 Å². The van der Waals surface area contributed by atoms with E-state index in [2.05, 4.69) is 58.9 Å². The third kappa shape index (κ3) is 7.24. The molecule has 0 aliphatic carbocycles. The summed E-state index contributed by atoms with van der Waals surface area (Å²) in [6.07, 6.45) is 4.86. The molecule has 0 bridgehead atoms. The molecule has 2 saturated heterocycles. The van der Waals surface area contributed by atoms with Gasteiger partial charge in [0.25, 0.3) is 5.24 Å². The Morgan fingerprint density at radius 3 is 2.61 bits per heavy atom. The average molecular weight is 532 g/mol. The molecule has 0 spiro atoms. The molecule has 0 saturated carbocycles. The van der Waals surface area contributed by atoms with Crippen molar-refractivity contribution in [2.45, 2.75) is 57.4 Å². The number of ether oxygens (including phenoxy) is 1. The zero-order chi connectivity index (χ0) is 23.2. The number of hydrogen-bond donors (Lipinski definition) is 0. The van der Waals surface area contributed by atoms with Crippen molar-refractivity contribution in [2.75, 3.05) is 26.2 Å². The smallest absolute Gasteiger partial charge is 0.282 e. The third-order valence-corrected chi connectivity index (χ3v) is 8.49. The SMILES string of the molecule is CC(C)Oc1ccc(Br)c(CC2CCN(CCC3CN(Cc4ccccc4)C(=O)S3)CC2)c1. The molecule has 4 nitrogen and oxygen atoms in total. The molecule has 1 amide bonds. The van der Waals surface area contributed by atoms with Gasteiger partial charge in [-0.2, -0.15) is 0 Å². The van der Waals surface area contributed by atoms with Gasteiger partial charge in [-0.3, -0.25) is 4.79 Å². The molecular formula is C27H35BrN2O2S. The standard InChI is InChI=1S/C27H35BrN2O2S/c1-20(2)32-24-8-9-26(28)23(17-24)16-21-10-13-29(14-11-21)15-12-25-19-30(27(31)33-25)18-22-6-4-3-5-7-22/h3-9,17,20-21,25H,10-16,18-19H2,1-2H3. The summed E-state index contributed by atoms with van der Waals surface area (Å²) in [5.74, 6) is 1.68. The highest BCUT2D eigenvalue weighted by molar-refractivity contribution is 9.10. The normalized spacial score (nSPS) is 20.1. The van der Waals surface area contributed by atoms with E-state index in [9.17, 15) is 4.79 Å². The molecule has 4 rings (SSSR count). The maximum atomic E-state index is 12.4. The Kier molecular flexibility index (Phi) is 8.78. The maximum Gasteiger partial charge on any atom is 0.282 e. The molecule has 0 radical (unpaired) electrons. The summed E-state index contributed by atoms with van der Waals surface area (Å²) >= 11 is 5.26. The van der Waals surface area contributed by atoms with Crippen molar-refractivity contribution >= 4 is 32.9 Å². The fourth-order valence-electron chi connectivity index (χ4n) is 4.76. The molecular weight excluding hydrogens is 496 g/mol. The van der Waals surface area contributed by atoms with Crippen LogP contribution in [-0.4, -0.2) is 52.6 Å². The molecule has 2 aliphatic heterocycles. The zero-order valence-electron chi connectivity index (χ0n) is 19.7. The van der Waals surface area contributed by atoms with Gasteiger partial charge in [-0.15, -0.1) is 0 Å². The minimum Gasteiger partial charge on any atom is -0.491 e. The number of carbonyl (C=O) groups excluding carboxylic acids is 1. The molecule has 2 aromatic rings. The van der Waals surface area contributed by atoms with E-state index < -0.39 is 0 Å². The summed E-state index contributed by atoms with van der Waals surface area (Å²) < 4.78 is 7.07. The summed E-state index contributed by atoms with van der Waals surface area (Å²) in [7, 11) is 0. The van der Waals surface area contributed by atoms with E-state index in [0.717, 1.165) is 57.2 Å². The zero-order valence-corrected chi connectivity index (χ0v) is 22.1. The van der Waals surface area contributed by atoms with Crippen molar-refractivity contribution in [3.8, 4) is 5.75 Å². The van der Waals surface area contributed by atoms with Crippen LogP contribution in [0, 0.1) is 5.92 Å². The summed E-state index contributed by atoms with van der Waals surface area (Å²) in [5, 5.41) is 0.649. The van der Waals surface area contributed by atoms with Crippen LogP contribution >= 0.6 is 27.7 Å². The van der Waals surface area contributed by atoms with Crippen molar-refractivity contribution in [1.82, 2.24) is 9.80 Å². The highest BCUT2D eigenvalue weighted by Crippen LogP contribution is 2.31. The second kappa shape index (κ2) is 11.8. The number of hydrogen-bond acceptors (Lipinski definition) is 4. The lowest BCUT2D eigenvalue weighted by Gasteiger charge is -2.32. The fraction of sp³-hybridized carbons (Fsp3) is 0.519. The molecule has 178 valence electrons. The number of rotatable bonds is 9. The monoisotopic (exact) mass is 530 g/mol. The summed E-state index contributed by atoms with van der Waals surface area (Å²) in [5.41, 5.74) is 2.56. The second-order valence-corrected chi connectivity index (χ2v) is 11.7. The highest BCUT2D eigenvalue weighted by atomic mass is 79.9. The molecule has 1 atom stereocenters. The lowest BCUT2D eigenvalue weighted by Crippen LogP contribution is -2.36. The lowest BCUT2D eigenvalue weighted by molar-refractivity contribution is 0.180. The van der Waals surface area contributed by atoms with E-state index in [4.69, 9.17) is 4.74 Å². The molecule has 2 aliphatic rings. The number of amides is 1. The van der Waals surface area contributed by atoms with Crippen LogP contribution in [0.15, 0.2) is 53.0 Å². The summed E-state index contributed by atoms with van der Waals surface area (Å²) in [6.45, 7) is 9.15. The third-order valence-electron chi connectivity index (χ3n) is 6.54. The van der Waals surface area contributed by atoms with Gasteiger partial charge in [-0.05, 0) is 94.4 Å². The Balaban J connectivity index is 1.19. The van der Waals surface area contributed by atoms with Crippen LogP contribution in [0.5, 0.6) is 5.75 Å². The van der Waals surface area contributed by atoms with Crippen LogP contribution in [0.3, 0.4) is 0 Å². The van der Waals surface area contributed by atoms with Crippen LogP contribution in [-0.2, 0) is 13.0 Å². The molecule has 0 aromatic heterocycles. The number of nitrogens with zero attached hydrogens (tertiary/aromatic N) is 2. The van der Waals surface area contributed by atoms with E-state index in [1.54, 1.807) is 0 Å². The summed E-state index contributed by atoms with van der Waals surface area (Å²) in [6, 6.07) is 16.7. The quantitative estimate of drug-likeness (QED) is 0.364. The Hall–Kier alpha value is -1.50. The van der Waals surface area contributed by atoms with Gasteiger partial charge < -0.3 is 14.5 Å². The first-order valence-corrected chi connectivity index (χ1v) is 13.8. The van der Waals surface area contributed by atoms with Crippen molar-refractivity contribution in [3.05, 3.63) is 64.1 Å². The predicted molar refractivity (Wildman–Crippen MR) is 141 cm³/mol. The minimum absolute atomic E-state index is 0.195. The van der Waals surface area contributed by atoms with Crippen LogP contribution in [0.2, 0.25) is 0 Å². The van der Waals surface area contributed by atoms with E-state index in [-0.39, 0.29) is 11.3 Å². The number of benzene rings is 2. The van der Waals surface area contributed by atoms with E-state index >= 15 is 0 Å². The van der Waals surface area contributed by atoms with Gasteiger partial charge in [0.05, 0.1) is 6.10 Å². The summed E-state index contributed by atoms with van der Waals surface area (Å²) in [4.78, 5) is 17.0. The average Bonchev–Trinajstić information content (AvgIpc) is 3.15. The number of halogens is 1.